The van der Waals surface area contributed by atoms with Gasteiger partial charge >= 0.3 is 0 Å². The number of rotatable bonds is 4. The Labute approximate surface area is 166 Å². The molecule has 1 amide bonds. The number of amides is 1. The lowest BCUT2D eigenvalue weighted by Gasteiger charge is -2.21. The second-order valence-corrected chi connectivity index (χ2v) is 8.44. The highest BCUT2D eigenvalue weighted by Crippen LogP contribution is 2.33. The quantitative estimate of drug-likeness (QED) is 0.591. The molecule has 0 spiro atoms. The Morgan fingerprint density at radius 1 is 1.12 bits per heavy atom. The van der Waals surface area contributed by atoms with Gasteiger partial charge < -0.3 is 10.2 Å². The predicted octanol–water partition coefficient (Wildman–Crippen LogP) is 5.87. The molecule has 0 radical (unpaired) electrons. The van der Waals surface area contributed by atoms with Gasteiger partial charge in [0.15, 0.2) is 0 Å². The standard InChI is InChI=1S/C20H16Cl2N2OS/c21-18-11-15(19(22)26-18)20(25)23-16-7-3-1-6-14(16)12-24-10-9-13-5-2-4-8-17(13)24/h1-8,11H,9-10,12H2,(H,23,25). The smallest absolute Gasteiger partial charge is 0.258 e. The fourth-order valence-corrected chi connectivity index (χ4v) is 4.70. The van der Waals surface area contributed by atoms with Crippen LogP contribution in [0.1, 0.15) is 21.5 Å². The van der Waals surface area contributed by atoms with E-state index in [2.05, 4.69) is 34.5 Å². The van der Waals surface area contributed by atoms with Crippen molar-refractivity contribution in [2.45, 2.75) is 13.0 Å². The number of fused-ring (bicyclic) bond motifs is 1. The van der Waals surface area contributed by atoms with E-state index in [0.29, 0.717) is 14.2 Å². The van der Waals surface area contributed by atoms with Crippen molar-refractivity contribution in [2.24, 2.45) is 0 Å². The van der Waals surface area contributed by atoms with Crippen LogP contribution in [0.3, 0.4) is 0 Å². The van der Waals surface area contributed by atoms with Gasteiger partial charge in [0.05, 0.1) is 9.90 Å². The molecule has 0 bridgehead atoms. The fraction of sp³-hybridized carbons (Fsp3) is 0.150. The summed E-state index contributed by atoms with van der Waals surface area (Å²) in [4.78, 5) is 14.9. The van der Waals surface area contributed by atoms with Gasteiger partial charge in [-0.1, -0.05) is 59.6 Å². The molecule has 1 aliphatic rings. The molecule has 1 N–H and O–H groups in total. The first-order valence-electron chi connectivity index (χ1n) is 8.29. The Balaban J connectivity index is 1.56. The molecule has 0 aliphatic carbocycles. The number of halogens is 2. The summed E-state index contributed by atoms with van der Waals surface area (Å²) < 4.78 is 0.903. The van der Waals surface area contributed by atoms with Crippen LogP contribution in [0.5, 0.6) is 0 Å². The highest BCUT2D eigenvalue weighted by atomic mass is 35.5. The molecule has 0 saturated carbocycles. The topological polar surface area (TPSA) is 32.3 Å². The summed E-state index contributed by atoms with van der Waals surface area (Å²) in [6.07, 6.45) is 1.05. The molecule has 26 heavy (non-hydrogen) atoms. The van der Waals surface area contributed by atoms with E-state index in [1.807, 2.05) is 24.3 Å². The van der Waals surface area contributed by atoms with Gasteiger partial charge in [0.2, 0.25) is 0 Å². The van der Waals surface area contributed by atoms with Gasteiger partial charge in [-0.25, -0.2) is 0 Å². The molecule has 1 aromatic heterocycles. The summed E-state index contributed by atoms with van der Waals surface area (Å²) in [5, 5.41) is 2.98. The van der Waals surface area contributed by atoms with Crippen molar-refractivity contribution in [3.8, 4) is 0 Å². The molecule has 2 heterocycles. The van der Waals surface area contributed by atoms with Crippen LogP contribution in [0, 0.1) is 0 Å². The van der Waals surface area contributed by atoms with Gasteiger partial charge in [-0.05, 0) is 35.7 Å². The second kappa shape index (κ2) is 7.31. The van der Waals surface area contributed by atoms with Crippen LogP contribution >= 0.6 is 34.5 Å². The maximum Gasteiger partial charge on any atom is 0.258 e. The molecular weight excluding hydrogens is 387 g/mol. The Morgan fingerprint density at radius 2 is 1.88 bits per heavy atom. The Hall–Kier alpha value is -2.01. The molecule has 1 aliphatic heterocycles. The number of anilines is 2. The third-order valence-electron chi connectivity index (χ3n) is 4.51. The lowest BCUT2D eigenvalue weighted by Crippen LogP contribution is -2.21. The minimum absolute atomic E-state index is 0.243. The molecule has 0 atom stereocenters. The van der Waals surface area contributed by atoms with Crippen molar-refractivity contribution >= 4 is 51.8 Å². The number of thiophene rings is 1. The minimum Gasteiger partial charge on any atom is -0.367 e. The lowest BCUT2D eigenvalue weighted by atomic mass is 10.1. The van der Waals surface area contributed by atoms with E-state index in [4.69, 9.17) is 23.2 Å². The molecule has 2 aromatic carbocycles. The highest BCUT2D eigenvalue weighted by Gasteiger charge is 2.20. The van der Waals surface area contributed by atoms with Crippen LogP contribution in [0.2, 0.25) is 8.67 Å². The van der Waals surface area contributed by atoms with Crippen LogP contribution in [0.25, 0.3) is 0 Å². The molecule has 6 heteroatoms. The van der Waals surface area contributed by atoms with Gasteiger partial charge in [-0.3, -0.25) is 4.79 Å². The Kier molecular flexibility index (Phi) is 4.90. The monoisotopic (exact) mass is 402 g/mol. The number of hydrogen-bond donors (Lipinski definition) is 1. The average Bonchev–Trinajstić information content (AvgIpc) is 3.19. The molecule has 0 saturated heterocycles. The largest absolute Gasteiger partial charge is 0.367 e. The van der Waals surface area contributed by atoms with Crippen molar-refractivity contribution in [2.75, 3.05) is 16.8 Å². The maximum atomic E-state index is 12.6. The van der Waals surface area contributed by atoms with E-state index in [1.165, 1.54) is 22.6 Å². The summed E-state index contributed by atoms with van der Waals surface area (Å²) in [5.74, 6) is -0.243. The van der Waals surface area contributed by atoms with Crippen LogP contribution in [0.4, 0.5) is 11.4 Å². The lowest BCUT2D eigenvalue weighted by molar-refractivity contribution is 0.102. The first kappa shape index (κ1) is 17.4. The Bertz CT molecular complexity index is 970. The SMILES string of the molecule is O=C(Nc1ccccc1CN1CCc2ccccc21)c1cc(Cl)sc1Cl. The molecule has 132 valence electrons. The molecule has 0 unspecified atom stereocenters. The van der Waals surface area contributed by atoms with Crippen molar-refractivity contribution < 1.29 is 4.79 Å². The minimum atomic E-state index is -0.243. The van der Waals surface area contributed by atoms with Gasteiger partial charge in [-0.15, -0.1) is 11.3 Å². The van der Waals surface area contributed by atoms with E-state index < -0.39 is 0 Å². The number of benzene rings is 2. The van der Waals surface area contributed by atoms with Crippen LogP contribution in [-0.2, 0) is 13.0 Å². The van der Waals surface area contributed by atoms with E-state index in [-0.39, 0.29) is 5.91 Å². The molecular formula is C20H16Cl2N2OS. The van der Waals surface area contributed by atoms with Gasteiger partial charge in [0.25, 0.3) is 5.91 Å². The molecule has 3 nitrogen and oxygen atoms in total. The van der Waals surface area contributed by atoms with Crippen LogP contribution in [0.15, 0.2) is 54.6 Å². The van der Waals surface area contributed by atoms with Crippen LogP contribution in [-0.4, -0.2) is 12.5 Å². The summed E-state index contributed by atoms with van der Waals surface area (Å²) in [7, 11) is 0. The van der Waals surface area contributed by atoms with Gasteiger partial charge in [0.1, 0.15) is 4.34 Å². The summed E-state index contributed by atoms with van der Waals surface area (Å²) >= 11 is 13.2. The summed E-state index contributed by atoms with van der Waals surface area (Å²) in [6.45, 7) is 1.72. The third kappa shape index (κ3) is 3.45. The average molecular weight is 403 g/mol. The van der Waals surface area contributed by atoms with Crippen LogP contribution < -0.4 is 10.2 Å². The van der Waals surface area contributed by atoms with E-state index in [9.17, 15) is 4.79 Å². The van der Waals surface area contributed by atoms with Crippen molar-refractivity contribution in [3.63, 3.8) is 0 Å². The van der Waals surface area contributed by atoms with E-state index in [1.54, 1.807) is 6.07 Å². The van der Waals surface area contributed by atoms with Gasteiger partial charge in [0, 0.05) is 24.5 Å². The number of para-hydroxylation sites is 2. The number of nitrogens with zero attached hydrogens (tertiary/aromatic N) is 1. The van der Waals surface area contributed by atoms with E-state index >= 15 is 0 Å². The zero-order valence-electron chi connectivity index (χ0n) is 13.8. The normalized spacial score (nSPS) is 12.9. The molecule has 3 aromatic rings. The van der Waals surface area contributed by atoms with Crippen molar-refractivity contribution in [3.05, 3.63) is 80.0 Å². The Morgan fingerprint density at radius 3 is 2.69 bits per heavy atom. The van der Waals surface area contributed by atoms with Crippen molar-refractivity contribution in [1.29, 1.82) is 0 Å². The first-order valence-corrected chi connectivity index (χ1v) is 9.86. The molecule has 0 fully saturated rings. The number of carbonyl (C=O) groups excluding carboxylic acids is 1. The summed E-state index contributed by atoms with van der Waals surface area (Å²) in [5.41, 5.74) is 4.90. The zero-order valence-corrected chi connectivity index (χ0v) is 16.2. The first-order chi connectivity index (χ1) is 12.6. The highest BCUT2D eigenvalue weighted by molar-refractivity contribution is 7.20. The molecule has 4 rings (SSSR count). The predicted molar refractivity (Wildman–Crippen MR) is 110 cm³/mol. The van der Waals surface area contributed by atoms with Crippen molar-refractivity contribution in [1.82, 2.24) is 0 Å². The maximum absolute atomic E-state index is 12.6. The van der Waals surface area contributed by atoms with E-state index in [0.717, 1.165) is 30.8 Å². The fourth-order valence-electron chi connectivity index (χ4n) is 3.24. The third-order valence-corrected chi connectivity index (χ3v) is 6.00. The number of hydrogen-bond acceptors (Lipinski definition) is 3. The second-order valence-electron chi connectivity index (χ2n) is 6.15. The number of nitrogens with one attached hydrogen (secondary N) is 1. The van der Waals surface area contributed by atoms with Gasteiger partial charge in [-0.2, -0.15) is 0 Å². The summed E-state index contributed by atoms with van der Waals surface area (Å²) in [6, 6.07) is 17.9. The number of carbonyl (C=O) groups is 1. The zero-order chi connectivity index (χ0) is 18.1.